The summed E-state index contributed by atoms with van der Waals surface area (Å²) in [7, 11) is 0. The predicted molar refractivity (Wildman–Crippen MR) is 83.4 cm³/mol. The van der Waals surface area contributed by atoms with E-state index < -0.39 is 11.9 Å². The molecule has 1 unspecified atom stereocenters. The summed E-state index contributed by atoms with van der Waals surface area (Å²) < 4.78 is 2.81. The molecule has 0 aliphatic carbocycles. The summed E-state index contributed by atoms with van der Waals surface area (Å²) in [5.41, 5.74) is 2.48. The first-order valence-corrected chi connectivity index (χ1v) is 7.33. The first kappa shape index (κ1) is 13.8. The number of fused-ring (bicyclic) bond motifs is 1. The summed E-state index contributed by atoms with van der Waals surface area (Å²) in [6.45, 7) is 0. The lowest BCUT2D eigenvalue weighted by atomic mass is 9.95. The molecule has 0 aliphatic rings. The average Bonchev–Trinajstić information content (AvgIpc) is 2.95. The molecule has 0 radical (unpaired) electrons. The van der Waals surface area contributed by atoms with E-state index in [1.54, 1.807) is 12.4 Å². The summed E-state index contributed by atoms with van der Waals surface area (Å²) in [6.07, 6.45) is 3.92. The van der Waals surface area contributed by atoms with Gasteiger partial charge in [0, 0.05) is 22.6 Å². The number of imidazole rings is 1. The Hall–Kier alpha value is -2.14. The van der Waals surface area contributed by atoms with Crippen LogP contribution in [-0.2, 0) is 11.2 Å². The monoisotopic (exact) mass is 344 g/mol. The van der Waals surface area contributed by atoms with E-state index in [9.17, 15) is 9.90 Å². The number of aliphatic carboxylic acids is 1. The number of halogens is 1. The van der Waals surface area contributed by atoms with Crippen molar-refractivity contribution in [1.29, 1.82) is 0 Å². The molecule has 3 aromatic rings. The Morgan fingerprint density at radius 2 is 2.00 bits per heavy atom. The van der Waals surface area contributed by atoms with E-state index in [0.29, 0.717) is 6.42 Å². The number of nitrogens with zero attached hydrogens (tertiary/aromatic N) is 2. The highest BCUT2D eigenvalue weighted by Gasteiger charge is 2.22. The topological polar surface area (TPSA) is 54.6 Å². The Kier molecular flexibility index (Phi) is 3.75. The first-order chi connectivity index (χ1) is 10.1. The van der Waals surface area contributed by atoms with E-state index in [0.717, 1.165) is 21.4 Å². The minimum atomic E-state index is -0.834. The maximum atomic E-state index is 11.7. The van der Waals surface area contributed by atoms with Crippen molar-refractivity contribution in [3.8, 4) is 0 Å². The van der Waals surface area contributed by atoms with Crippen LogP contribution in [0.2, 0.25) is 0 Å². The van der Waals surface area contributed by atoms with Crippen molar-refractivity contribution in [2.45, 2.75) is 12.3 Å². The third-order valence-electron chi connectivity index (χ3n) is 3.47. The molecule has 1 aromatic carbocycles. The van der Waals surface area contributed by atoms with Gasteiger partial charge in [-0.3, -0.25) is 4.79 Å². The highest BCUT2D eigenvalue weighted by Crippen LogP contribution is 2.23. The number of carbonyl (C=O) groups is 1. The number of aromatic nitrogens is 2. The quantitative estimate of drug-likeness (QED) is 0.787. The number of hydrogen-bond acceptors (Lipinski definition) is 2. The van der Waals surface area contributed by atoms with Gasteiger partial charge in [0.2, 0.25) is 0 Å². The maximum absolute atomic E-state index is 11.7. The number of carboxylic acid groups (broad SMARTS) is 1. The SMILES string of the molecule is O=C(O)C(Cc1ccc(Br)cc1)c1cccc2nccn12. The standard InChI is InChI=1S/C16H13BrN2O2/c17-12-6-4-11(5-7-12)10-13(16(20)21)14-2-1-3-15-18-8-9-19(14)15/h1-9,13H,10H2,(H,20,21). The lowest BCUT2D eigenvalue weighted by molar-refractivity contribution is -0.138. The Balaban J connectivity index is 2.00. The minimum absolute atomic E-state index is 0.444. The molecule has 2 heterocycles. The zero-order chi connectivity index (χ0) is 14.8. The molecule has 106 valence electrons. The summed E-state index contributed by atoms with van der Waals surface area (Å²) in [5, 5.41) is 9.60. The van der Waals surface area contributed by atoms with Crippen LogP contribution in [0.4, 0.5) is 0 Å². The zero-order valence-corrected chi connectivity index (χ0v) is 12.7. The molecular formula is C16H13BrN2O2. The van der Waals surface area contributed by atoms with Crippen LogP contribution in [0.15, 0.2) is 59.3 Å². The number of hydrogen-bond donors (Lipinski definition) is 1. The van der Waals surface area contributed by atoms with Crippen LogP contribution in [-0.4, -0.2) is 20.5 Å². The summed E-state index contributed by atoms with van der Waals surface area (Å²) >= 11 is 3.38. The van der Waals surface area contributed by atoms with Crippen molar-refractivity contribution in [3.05, 3.63) is 70.6 Å². The molecule has 5 heteroatoms. The van der Waals surface area contributed by atoms with Crippen molar-refractivity contribution in [2.24, 2.45) is 0 Å². The highest BCUT2D eigenvalue weighted by molar-refractivity contribution is 9.10. The van der Waals surface area contributed by atoms with Crippen LogP contribution in [0.5, 0.6) is 0 Å². The van der Waals surface area contributed by atoms with Crippen LogP contribution in [0.25, 0.3) is 5.65 Å². The van der Waals surface area contributed by atoms with Gasteiger partial charge < -0.3 is 9.51 Å². The van der Waals surface area contributed by atoms with Gasteiger partial charge in [0.1, 0.15) is 11.6 Å². The second-order valence-electron chi connectivity index (χ2n) is 4.83. The van der Waals surface area contributed by atoms with E-state index in [4.69, 9.17) is 0 Å². The lowest BCUT2D eigenvalue weighted by Crippen LogP contribution is -2.17. The van der Waals surface area contributed by atoms with Crippen LogP contribution in [0.1, 0.15) is 17.2 Å². The Bertz CT molecular complexity index is 780. The molecule has 1 atom stereocenters. The summed E-state index contributed by atoms with van der Waals surface area (Å²) in [6, 6.07) is 13.3. The van der Waals surface area contributed by atoms with E-state index >= 15 is 0 Å². The molecule has 0 amide bonds. The second-order valence-corrected chi connectivity index (χ2v) is 5.74. The van der Waals surface area contributed by atoms with Gasteiger partial charge in [0.15, 0.2) is 0 Å². The summed E-state index contributed by atoms with van der Waals surface area (Å²) in [4.78, 5) is 15.9. The normalized spacial score (nSPS) is 12.4. The molecule has 0 bridgehead atoms. The molecule has 1 N–H and O–H groups in total. The largest absolute Gasteiger partial charge is 0.481 e. The molecule has 3 rings (SSSR count). The van der Waals surface area contributed by atoms with Gasteiger partial charge in [-0.2, -0.15) is 0 Å². The smallest absolute Gasteiger partial charge is 0.312 e. The minimum Gasteiger partial charge on any atom is -0.481 e. The number of rotatable bonds is 4. The molecule has 2 aromatic heterocycles. The Labute approximate surface area is 130 Å². The zero-order valence-electron chi connectivity index (χ0n) is 11.1. The van der Waals surface area contributed by atoms with Gasteiger partial charge in [-0.1, -0.05) is 34.1 Å². The van der Waals surface area contributed by atoms with Gasteiger partial charge >= 0.3 is 5.97 Å². The van der Waals surface area contributed by atoms with E-state index in [1.807, 2.05) is 46.9 Å². The first-order valence-electron chi connectivity index (χ1n) is 6.54. The third-order valence-corrected chi connectivity index (χ3v) is 4.00. The van der Waals surface area contributed by atoms with Crippen LogP contribution in [0.3, 0.4) is 0 Å². The third kappa shape index (κ3) is 2.83. The molecule has 0 saturated carbocycles. The molecular weight excluding hydrogens is 332 g/mol. The van der Waals surface area contributed by atoms with Gasteiger partial charge in [-0.15, -0.1) is 0 Å². The van der Waals surface area contributed by atoms with Crippen molar-refractivity contribution in [2.75, 3.05) is 0 Å². The van der Waals surface area contributed by atoms with Crippen molar-refractivity contribution in [1.82, 2.24) is 9.38 Å². The van der Waals surface area contributed by atoms with Crippen molar-refractivity contribution in [3.63, 3.8) is 0 Å². The molecule has 0 fully saturated rings. The molecule has 21 heavy (non-hydrogen) atoms. The Morgan fingerprint density at radius 3 is 2.71 bits per heavy atom. The summed E-state index contributed by atoms with van der Waals surface area (Å²) in [5.74, 6) is -1.44. The maximum Gasteiger partial charge on any atom is 0.312 e. The molecule has 4 nitrogen and oxygen atoms in total. The fourth-order valence-electron chi connectivity index (χ4n) is 2.43. The van der Waals surface area contributed by atoms with Crippen LogP contribution in [0, 0.1) is 0 Å². The van der Waals surface area contributed by atoms with Gasteiger partial charge in [0.05, 0.1) is 0 Å². The van der Waals surface area contributed by atoms with Gasteiger partial charge in [-0.05, 0) is 36.2 Å². The number of carboxylic acids is 1. The van der Waals surface area contributed by atoms with Crippen LogP contribution >= 0.6 is 15.9 Å². The van der Waals surface area contributed by atoms with Crippen LogP contribution < -0.4 is 0 Å². The van der Waals surface area contributed by atoms with Gasteiger partial charge in [0.25, 0.3) is 0 Å². The number of pyridine rings is 1. The fraction of sp³-hybridized carbons (Fsp3) is 0.125. The molecule has 0 spiro atoms. The average molecular weight is 345 g/mol. The van der Waals surface area contributed by atoms with E-state index in [2.05, 4.69) is 20.9 Å². The second kappa shape index (κ2) is 5.69. The molecule has 0 saturated heterocycles. The predicted octanol–water partition coefficient (Wildman–Crippen LogP) is 3.51. The van der Waals surface area contributed by atoms with Crippen molar-refractivity contribution < 1.29 is 9.90 Å². The number of benzene rings is 1. The highest BCUT2D eigenvalue weighted by atomic mass is 79.9. The molecule has 0 aliphatic heterocycles. The van der Waals surface area contributed by atoms with Gasteiger partial charge in [-0.25, -0.2) is 4.98 Å². The Morgan fingerprint density at radius 1 is 1.24 bits per heavy atom. The van der Waals surface area contributed by atoms with E-state index in [1.165, 1.54) is 0 Å². The fourth-order valence-corrected chi connectivity index (χ4v) is 2.69. The lowest BCUT2D eigenvalue weighted by Gasteiger charge is -2.15. The van der Waals surface area contributed by atoms with Crippen molar-refractivity contribution >= 4 is 27.5 Å². The van der Waals surface area contributed by atoms with E-state index in [-0.39, 0.29) is 0 Å².